The summed E-state index contributed by atoms with van der Waals surface area (Å²) in [7, 11) is 0. The highest BCUT2D eigenvalue weighted by molar-refractivity contribution is 6.14. The van der Waals surface area contributed by atoms with Crippen LogP contribution in [0.15, 0.2) is 182 Å². The maximum atomic E-state index is 10.1. The summed E-state index contributed by atoms with van der Waals surface area (Å²) in [4.78, 5) is 5.07. The van der Waals surface area contributed by atoms with Crippen LogP contribution < -0.4 is 0 Å². The number of pyridine rings is 1. The van der Waals surface area contributed by atoms with Gasteiger partial charge in [0.2, 0.25) is 0 Å². The van der Waals surface area contributed by atoms with Gasteiger partial charge < -0.3 is 9.13 Å². The van der Waals surface area contributed by atoms with Crippen LogP contribution in [0, 0.1) is 102 Å². The lowest BCUT2D eigenvalue weighted by atomic mass is 9.98. The molecule has 362 valence electrons. The van der Waals surface area contributed by atoms with Gasteiger partial charge in [-0.05, 0) is 159 Å². The number of hydrogen-bond acceptors (Lipinski definition) is 10. The number of nitriles is 9. The van der Waals surface area contributed by atoms with E-state index in [1.807, 2.05) is 84.9 Å². The number of fused-ring (bicyclic) bond motifs is 6. The molecular formula is C68H30N12. The van der Waals surface area contributed by atoms with Crippen molar-refractivity contribution >= 4 is 43.6 Å². The van der Waals surface area contributed by atoms with Crippen molar-refractivity contribution in [3.05, 3.63) is 232 Å². The molecule has 0 unspecified atom stereocenters. The minimum Gasteiger partial charge on any atom is -0.307 e. The van der Waals surface area contributed by atoms with Crippen LogP contribution in [-0.2, 0) is 0 Å². The number of aromatic nitrogens is 3. The highest BCUT2D eigenvalue weighted by Gasteiger charge is 2.25. The van der Waals surface area contributed by atoms with Gasteiger partial charge in [-0.1, -0.05) is 60.7 Å². The summed E-state index contributed by atoms with van der Waals surface area (Å²) < 4.78 is 4.22. The monoisotopic (exact) mass is 1010 g/mol. The van der Waals surface area contributed by atoms with Crippen LogP contribution in [0.25, 0.3) is 111 Å². The summed E-state index contributed by atoms with van der Waals surface area (Å²) in [6, 6.07) is 71.1. The molecule has 12 aromatic rings. The Labute approximate surface area is 456 Å². The van der Waals surface area contributed by atoms with Crippen molar-refractivity contribution in [2.45, 2.75) is 0 Å². The van der Waals surface area contributed by atoms with E-state index in [2.05, 4.69) is 63.8 Å². The highest BCUT2D eigenvalue weighted by atomic mass is 15.0. The van der Waals surface area contributed by atoms with Crippen LogP contribution in [0.4, 0.5) is 0 Å². The first-order valence-electron chi connectivity index (χ1n) is 24.6. The van der Waals surface area contributed by atoms with E-state index in [0.29, 0.717) is 94.8 Å². The van der Waals surface area contributed by atoms with Gasteiger partial charge in [-0.3, -0.25) is 4.98 Å². The fourth-order valence-corrected chi connectivity index (χ4v) is 10.8. The van der Waals surface area contributed by atoms with Crippen molar-refractivity contribution in [3.63, 3.8) is 0 Å². The largest absolute Gasteiger partial charge is 0.307 e. The quantitative estimate of drug-likeness (QED) is 0.146. The third-order valence-electron chi connectivity index (χ3n) is 14.3. The summed E-state index contributed by atoms with van der Waals surface area (Å²) in [6.45, 7) is 0. The van der Waals surface area contributed by atoms with Gasteiger partial charge in [-0.15, -0.1) is 0 Å². The first-order chi connectivity index (χ1) is 39.2. The van der Waals surface area contributed by atoms with E-state index in [1.165, 1.54) is 0 Å². The summed E-state index contributed by atoms with van der Waals surface area (Å²) in [5.41, 5.74) is 14.1. The highest BCUT2D eigenvalue weighted by Crippen LogP contribution is 2.45. The fourth-order valence-electron chi connectivity index (χ4n) is 10.8. The summed E-state index contributed by atoms with van der Waals surface area (Å²) in [6.07, 6.45) is 3.56. The van der Waals surface area contributed by atoms with Crippen LogP contribution in [0.2, 0.25) is 0 Å². The van der Waals surface area contributed by atoms with E-state index in [1.54, 1.807) is 97.3 Å². The maximum Gasteiger partial charge on any atom is 0.0992 e. The predicted molar refractivity (Wildman–Crippen MR) is 303 cm³/mol. The molecule has 0 radical (unpaired) electrons. The molecule has 0 saturated carbocycles. The zero-order chi connectivity index (χ0) is 55.2. The molecule has 3 aromatic heterocycles. The Hall–Kier alpha value is -12.9. The molecule has 0 N–H and O–H groups in total. The van der Waals surface area contributed by atoms with E-state index in [4.69, 9.17) is 4.98 Å². The predicted octanol–water partition coefficient (Wildman–Crippen LogP) is 14.5. The van der Waals surface area contributed by atoms with Gasteiger partial charge in [-0.2, -0.15) is 47.4 Å². The molecule has 12 nitrogen and oxygen atoms in total. The molecular weight excluding hydrogens is 985 g/mol. The Morgan fingerprint density at radius 2 is 0.475 bits per heavy atom. The van der Waals surface area contributed by atoms with Crippen LogP contribution in [0.3, 0.4) is 0 Å². The molecule has 0 aliphatic carbocycles. The lowest BCUT2D eigenvalue weighted by Crippen LogP contribution is -2.05. The Morgan fingerprint density at radius 1 is 0.237 bits per heavy atom. The van der Waals surface area contributed by atoms with Gasteiger partial charge in [-0.25, -0.2) is 0 Å². The van der Waals surface area contributed by atoms with Crippen LogP contribution in [0.1, 0.15) is 50.1 Å². The number of rotatable bonds is 7. The van der Waals surface area contributed by atoms with Gasteiger partial charge >= 0.3 is 0 Å². The second-order valence-electron chi connectivity index (χ2n) is 18.9. The Morgan fingerprint density at radius 3 is 0.713 bits per heavy atom. The fraction of sp³-hybridized carbons (Fsp3) is 0. The second kappa shape index (κ2) is 19.4. The van der Waals surface area contributed by atoms with Gasteiger partial charge in [0.1, 0.15) is 0 Å². The lowest BCUT2D eigenvalue weighted by Gasteiger charge is -2.20. The minimum atomic E-state index is 0.324. The lowest BCUT2D eigenvalue weighted by molar-refractivity contribution is 1.09. The van der Waals surface area contributed by atoms with E-state index in [9.17, 15) is 47.4 Å². The summed E-state index contributed by atoms with van der Waals surface area (Å²) >= 11 is 0. The number of hydrogen-bond donors (Lipinski definition) is 0. The van der Waals surface area contributed by atoms with Crippen molar-refractivity contribution in [2.24, 2.45) is 0 Å². The Bertz CT molecular complexity index is 4440. The van der Waals surface area contributed by atoms with Crippen molar-refractivity contribution < 1.29 is 0 Å². The topological polar surface area (TPSA) is 237 Å². The molecule has 12 rings (SSSR count). The van der Waals surface area contributed by atoms with E-state index >= 15 is 0 Å². The first kappa shape index (κ1) is 48.1. The van der Waals surface area contributed by atoms with Crippen molar-refractivity contribution in [1.82, 2.24) is 14.1 Å². The van der Waals surface area contributed by atoms with E-state index < -0.39 is 0 Å². The molecule has 9 aromatic carbocycles. The molecule has 0 aliphatic rings. The Kier molecular flexibility index (Phi) is 11.7. The van der Waals surface area contributed by atoms with Gasteiger partial charge in [0, 0.05) is 27.1 Å². The maximum absolute atomic E-state index is 10.1. The van der Waals surface area contributed by atoms with E-state index in [0.717, 1.165) is 65.9 Å². The third-order valence-corrected chi connectivity index (χ3v) is 14.3. The number of nitrogens with zero attached hydrogens (tertiary/aromatic N) is 12. The van der Waals surface area contributed by atoms with Crippen LogP contribution in [-0.4, -0.2) is 14.1 Å². The molecule has 12 heteroatoms. The Balaban J connectivity index is 1.23. The summed E-state index contributed by atoms with van der Waals surface area (Å²) in [5.74, 6) is 0. The SMILES string of the molecule is N#Cc1ccc(-c2c(-n3c4cc(-c5cc(C#N)cc(C#N)c5)ccc4c4ccc(-c5cc(C#N)cc(C#N)c5)cc43)cncc2-n2c3cc(-c4cc(C#N)cc(C#N)c4)ccc3c3ccc(-c4cc(C#N)cc(C#N)c4)cc32)cc1. The third kappa shape index (κ3) is 8.17. The minimum absolute atomic E-state index is 0.324. The molecule has 80 heavy (non-hydrogen) atoms. The number of benzene rings is 9. The standard InChI is InChI=1S/C68H30N12/c69-29-40-1-3-49(4-2-40)68-66(79-62-25-50(54-17-41(30-70)13-42(18-54)31-71)5-9-58(62)59-10-6-51(26-63(59)79)55-19-43(32-72)14-44(20-55)33-73)38-78-39-67(68)80-64-27-52(56-21-45(34-74)15-46(22-56)35-75)7-11-60(64)61-12-8-53(28-65(61)80)57-23-47(36-76)16-48(24-57)37-77/h1-28,38-39H. The van der Waals surface area contributed by atoms with Gasteiger partial charge in [0.05, 0.1) is 151 Å². The smallest absolute Gasteiger partial charge is 0.0992 e. The average Bonchev–Trinajstić information content (AvgIpc) is 4.05. The molecule has 0 amide bonds. The summed E-state index contributed by atoms with van der Waals surface area (Å²) in [5, 5.41) is 93.9. The zero-order valence-electron chi connectivity index (χ0n) is 41.7. The molecule has 0 fully saturated rings. The zero-order valence-corrected chi connectivity index (χ0v) is 41.7. The van der Waals surface area contributed by atoms with Crippen LogP contribution >= 0.6 is 0 Å². The molecule has 0 spiro atoms. The molecule has 3 heterocycles. The first-order valence-corrected chi connectivity index (χ1v) is 24.6. The normalized spacial score (nSPS) is 10.6. The molecule has 0 atom stereocenters. The van der Waals surface area contributed by atoms with Crippen molar-refractivity contribution in [2.75, 3.05) is 0 Å². The van der Waals surface area contributed by atoms with E-state index in [-0.39, 0.29) is 0 Å². The van der Waals surface area contributed by atoms with Gasteiger partial charge in [0.15, 0.2) is 0 Å². The second-order valence-corrected chi connectivity index (χ2v) is 18.9. The van der Waals surface area contributed by atoms with Crippen molar-refractivity contribution in [1.29, 1.82) is 47.4 Å². The average molecular weight is 1020 g/mol. The van der Waals surface area contributed by atoms with Gasteiger partial charge in [0.25, 0.3) is 0 Å². The molecule has 0 bridgehead atoms. The molecule has 0 aliphatic heterocycles. The van der Waals surface area contributed by atoms with Crippen molar-refractivity contribution in [3.8, 4) is 122 Å². The molecule has 0 saturated heterocycles. The van der Waals surface area contributed by atoms with Crippen LogP contribution in [0.5, 0.6) is 0 Å².